The largest absolute Gasteiger partial charge is 0.466 e. The van der Waals surface area contributed by atoms with Crippen LogP contribution in [0.4, 0.5) is 10.1 Å². The number of benzene rings is 1. The number of carbonyl (C=O) groups excluding carboxylic acids is 1. The van der Waals surface area contributed by atoms with Crippen LogP contribution in [0.2, 0.25) is 0 Å². The highest BCUT2D eigenvalue weighted by atomic mass is 19.1. The molecule has 0 saturated heterocycles. The third-order valence-corrected chi connectivity index (χ3v) is 4.86. The standard InChI is InChI=1S/C20H21FN4O2/c1-12-10-15(13(2)27-12)20(26)22-14-7-8-17(21)16(11-14)19-24-23-18-6-4-3-5-9-25(18)19/h7-8,10-11H,3-6,9H2,1-2H3,(H,22,26). The molecule has 0 bridgehead atoms. The highest BCUT2D eigenvalue weighted by Crippen LogP contribution is 2.28. The number of fused-ring (bicyclic) bond motifs is 1. The monoisotopic (exact) mass is 368 g/mol. The number of carbonyl (C=O) groups is 1. The topological polar surface area (TPSA) is 73.0 Å². The van der Waals surface area contributed by atoms with Gasteiger partial charge in [-0.05, 0) is 51.0 Å². The summed E-state index contributed by atoms with van der Waals surface area (Å²) in [6, 6.07) is 6.18. The van der Waals surface area contributed by atoms with E-state index in [0.29, 0.717) is 34.2 Å². The number of hydrogen-bond acceptors (Lipinski definition) is 4. The quantitative estimate of drug-likeness (QED) is 0.749. The molecule has 27 heavy (non-hydrogen) atoms. The Morgan fingerprint density at radius 2 is 2.04 bits per heavy atom. The molecule has 6 nitrogen and oxygen atoms in total. The molecule has 1 N–H and O–H groups in total. The number of amides is 1. The molecule has 1 aromatic carbocycles. The normalized spacial score (nSPS) is 13.9. The van der Waals surface area contributed by atoms with Crippen LogP contribution in [-0.4, -0.2) is 20.7 Å². The molecule has 0 radical (unpaired) electrons. The van der Waals surface area contributed by atoms with E-state index in [9.17, 15) is 9.18 Å². The zero-order valence-electron chi connectivity index (χ0n) is 15.4. The molecule has 7 heteroatoms. The van der Waals surface area contributed by atoms with E-state index in [-0.39, 0.29) is 11.7 Å². The Hall–Kier alpha value is -2.96. The van der Waals surface area contributed by atoms with E-state index in [1.807, 2.05) is 4.57 Å². The van der Waals surface area contributed by atoms with Gasteiger partial charge in [-0.25, -0.2) is 4.39 Å². The average Bonchev–Trinajstić information content (AvgIpc) is 3.10. The van der Waals surface area contributed by atoms with Gasteiger partial charge in [-0.15, -0.1) is 10.2 Å². The van der Waals surface area contributed by atoms with Crippen LogP contribution in [0.1, 0.15) is 47.0 Å². The maximum atomic E-state index is 14.5. The minimum absolute atomic E-state index is 0.290. The molecule has 1 aliphatic heterocycles. The molecular weight excluding hydrogens is 347 g/mol. The minimum Gasteiger partial charge on any atom is -0.466 e. The first-order valence-corrected chi connectivity index (χ1v) is 9.13. The van der Waals surface area contributed by atoms with Crippen LogP contribution in [0.15, 0.2) is 28.7 Å². The van der Waals surface area contributed by atoms with Gasteiger partial charge >= 0.3 is 0 Å². The van der Waals surface area contributed by atoms with Gasteiger partial charge in [0.1, 0.15) is 23.2 Å². The van der Waals surface area contributed by atoms with Crippen molar-refractivity contribution in [3.63, 3.8) is 0 Å². The zero-order chi connectivity index (χ0) is 19.0. The molecule has 2 aromatic heterocycles. The van der Waals surface area contributed by atoms with Crippen LogP contribution in [0.25, 0.3) is 11.4 Å². The van der Waals surface area contributed by atoms with E-state index >= 15 is 0 Å². The fraction of sp³-hybridized carbons (Fsp3) is 0.350. The Morgan fingerprint density at radius 3 is 2.81 bits per heavy atom. The summed E-state index contributed by atoms with van der Waals surface area (Å²) in [6.07, 6.45) is 4.07. The third-order valence-electron chi connectivity index (χ3n) is 4.86. The Kier molecular flexibility index (Phi) is 4.51. The maximum absolute atomic E-state index is 14.5. The maximum Gasteiger partial charge on any atom is 0.259 e. The predicted octanol–water partition coefficient (Wildman–Crippen LogP) is 4.27. The summed E-state index contributed by atoms with van der Waals surface area (Å²) in [4.78, 5) is 12.5. The molecule has 0 atom stereocenters. The van der Waals surface area contributed by atoms with Gasteiger partial charge in [0.25, 0.3) is 5.91 Å². The molecule has 0 spiro atoms. The Bertz CT molecular complexity index is 1010. The summed E-state index contributed by atoms with van der Waals surface area (Å²) in [7, 11) is 0. The van der Waals surface area contributed by atoms with E-state index in [4.69, 9.17) is 4.42 Å². The molecule has 0 aliphatic carbocycles. The van der Waals surface area contributed by atoms with Gasteiger partial charge in [0.15, 0.2) is 5.82 Å². The van der Waals surface area contributed by atoms with Gasteiger partial charge in [-0.1, -0.05) is 6.42 Å². The van der Waals surface area contributed by atoms with Crippen molar-refractivity contribution in [2.24, 2.45) is 0 Å². The van der Waals surface area contributed by atoms with Gasteiger partial charge in [-0.3, -0.25) is 4.79 Å². The number of aromatic nitrogens is 3. The van der Waals surface area contributed by atoms with Crippen LogP contribution < -0.4 is 5.32 Å². The molecule has 1 amide bonds. The summed E-state index contributed by atoms with van der Waals surface area (Å²) < 4.78 is 21.9. The Balaban J connectivity index is 1.65. The van der Waals surface area contributed by atoms with Crippen molar-refractivity contribution in [2.75, 3.05) is 5.32 Å². The number of nitrogens with one attached hydrogen (secondary N) is 1. The smallest absolute Gasteiger partial charge is 0.259 e. The molecule has 4 rings (SSSR count). The van der Waals surface area contributed by atoms with E-state index in [2.05, 4.69) is 15.5 Å². The average molecular weight is 368 g/mol. The van der Waals surface area contributed by atoms with Crippen molar-refractivity contribution in [1.82, 2.24) is 14.8 Å². The molecular formula is C20H21FN4O2. The second-order valence-electron chi connectivity index (χ2n) is 6.88. The van der Waals surface area contributed by atoms with Gasteiger partial charge in [0.2, 0.25) is 0 Å². The van der Waals surface area contributed by atoms with Crippen LogP contribution in [0.5, 0.6) is 0 Å². The third kappa shape index (κ3) is 3.37. The number of furan rings is 1. The van der Waals surface area contributed by atoms with Crippen molar-refractivity contribution >= 4 is 11.6 Å². The molecule has 3 heterocycles. The van der Waals surface area contributed by atoms with Crippen molar-refractivity contribution in [3.8, 4) is 11.4 Å². The second kappa shape index (κ2) is 6.98. The first-order chi connectivity index (χ1) is 13.0. The highest BCUT2D eigenvalue weighted by Gasteiger charge is 2.20. The zero-order valence-corrected chi connectivity index (χ0v) is 15.4. The fourth-order valence-electron chi connectivity index (χ4n) is 3.51. The van der Waals surface area contributed by atoms with Crippen molar-refractivity contribution in [2.45, 2.75) is 46.1 Å². The first kappa shape index (κ1) is 17.5. The number of halogens is 1. The molecule has 1 aliphatic rings. The van der Waals surface area contributed by atoms with E-state index < -0.39 is 0 Å². The molecule has 0 unspecified atom stereocenters. The van der Waals surface area contributed by atoms with Crippen LogP contribution in [-0.2, 0) is 13.0 Å². The van der Waals surface area contributed by atoms with Gasteiger partial charge in [-0.2, -0.15) is 0 Å². The highest BCUT2D eigenvalue weighted by molar-refractivity contribution is 6.05. The van der Waals surface area contributed by atoms with E-state index in [1.165, 1.54) is 6.07 Å². The van der Waals surface area contributed by atoms with Crippen LogP contribution in [0, 0.1) is 19.7 Å². The van der Waals surface area contributed by atoms with Gasteiger partial charge < -0.3 is 14.3 Å². The number of nitrogens with zero attached hydrogens (tertiary/aromatic N) is 3. The SMILES string of the molecule is Cc1cc(C(=O)Nc2ccc(F)c(-c3nnc4n3CCCCC4)c2)c(C)o1. The van der Waals surface area contributed by atoms with Crippen molar-refractivity contribution in [3.05, 3.63) is 53.0 Å². The van der Waals surface area contributed by atoms with Crippen molar-refractivity contribution in [1.29, 1.82) is 0 Å². The number of anilines is 1. The Labute approximate surface area is 156 Å². The van der Waals surface area contributed by atoms with E-state index in [1.54, 1.807) is 32.0 Å². The lowest BCUT2D eigenvalue weighted by atomic mass is 10.1. The summed E-state index contributed by atoms with van der Waals surface area (Å²) in [5, 5.41) is 11.3. The fourth-order valence-corrected chi connectivity index (χ4v) is 3.51. The number of hydrogen-bond donors (Lipinski definition) is 1. The van der Waals surface area contributed by atoms with E-state index in [0.717, 1.165) is 38.1 Å². The van der Waals surface area contributed by atoms with Gasteiger partial charge in [0.05, 0.1) is 11.1 Å². The summed E-state index contributed by atoms with van der Waals surface area (Å²) in [5.74, 6) is 1.94. The summed E-state index contributed by atoms with van der Waals surface area (Å²) >= 11 is 0. The summed E-state index contributed by atoms with van der Waals surface area (Å²) in [6.45, 7) is 4.31. The molecule has 140 valence electrons. The number of rotatable bonds is 3. The minimum atomic E-state index is -0.386. The molecule has 0 fully saturated rings. The predicted molar refractivity (Wildman–Crippen MR) is 99.1 cm³/mol. The van der Waals surface area contributed by atoms with Crippen molar-refractivity contribution < 1.29 is 13.6 Å². The second-order valence-corrected chi connectivity index (χ2v) is 6.88. The Morgan fingerprint density at radius 1 is 1.19 bits per heavy atom. The van der Waals surface area contributed by atoms with Crippen LogP contribution in [0.3, 0.4) is 0 Å². The molecule has 0 saturated carbocycles. The summed E-state index contributed by atoms with van der Waals surface area (Å²) in [5.41, 5.74) is 1.31. The lowest BCUT2D eigenvalue weighted by Crippen LogP contribution is -2.12. The lowest BCUT2D eigenvalue weighted by Gasteiger charge is -2.10. The number of aryl methyl sites for hydroxylation is 3. The van der Waals surface area contributed by atoms with Crippen LogP contribution >= 0.6 is 0 Å². The first-order valence-electron chi connectivity index (χ1n) is 9.13. The molecule has 3 aromatic rings. The lowest BCUT2D eigenvalue weighted by molar-refractivity contribution is 0.102. The van der Waals surface area contributed by atoms with Gasteiger partial charge in [0, 0.05) is 18.7 Å².